The van der Waals surface area contributed by atoms with Gasteiger partial charge in [0.1, 0.15) is 5.38 Å². The van der Waals surface area contributed by atoms with E-state index in [0.717, 1.165) is 5.56 Å². The maximum absolute atomic E-state index is 11.8. The monoisotopic (exact) mass is 289 g/mol. The summed E-state index contributed by atoms with van der Waals surface area (Å²) in [7, 11) is 1.24. The van der Waals surface area contributed by atoms with Gasteiger partial charge in [-0.25, -0.2) is 0 Å². The van der Waals surface area contributed by atoms with Crippen molar-refractivity contribution >= 4 is 35.1 Å². The van der Waals surface area contributed by atoms with Gasteiger partial charge in [-0.3, -0.25) is 9.59 Å². The van der Waals surface area contributed by atoms with E-state index in [9.17, 15) is 9.59 Å². The molecular weight excluding hydrogens is 277 g/mol. The molecule has 0 radical (unpaired) electrons. The lowest BCUT2D eigenvalue weighted by molar-refractivity contribution is -0.140. The zero-order valence-corrected chi connectivity index (χ0v) is 11.5. The predicted octanol–water partition coefficient (Wildman–Crippen LogP) is 2.16. The highest BCUT2D eigenvalue weighted by molar-refractivity contribution is 6.31. The summed E-state index contributed by atoms with van der Waals surface area (Å²) in [5, 5.41) is 2.24. The van der Waals surface area contributed by atoms with Crippen LogP contribution in [0.2, 0.25) is 5.02 Å². The van der Waals surface area contributed by atoms with Gasteiger partial charge in [0.2, 0.25) is 0 Å². The molecule has 1 atom stereocenters. The third-order valence-corrected chi connectivity index (χ3v) is 3.08. The van der Waals surface area contributed by atoms with E-state index in [1.54, 1.807) is 25.1 Å². The van der Waals surface area contributed by atoms with Gasteiger partial charge >= 0.3 is 5.97 Å². The van der Waals surface area contributed by atoms with Crippen molar-refractivity contribution in [2.45, 2.75) is 12.3 Å². The van der Waals surface area contributed by atoms with Crippen LogP contribution in [0.25, 0.3) is 0 Å². The third kappa shape index (κ3) is 3.89. The summed E-state index contributed by atoms with van der Waals surface area (Å²) in [5.74, 6) is -0.895. The van der Waals surface area contributed by atoms with Crippen LogP contribution < -0.4 is 5.32 Å². The minimum Gasteiger partial charge on any atom is -0.468 e. The molecule has 1 aromatic rings. The maximum atomic E-state index is 11.8. The lowest BCUT2D eigenvalue weighted by Gasteiger charge is -2.09. The number of amides is 1. The summed E-state index contributed by atoms with van der Waals surface area (Å²) in [6, 6.07) is 4.91. The van der Waals surface area contributed by atoms with Gasteiger partial charge in [0.25, 0.3) is 5.91 Å². The Bertz CT molecular complexity index is 463. The van der Waals surface area contributed by atoms with Crippen molar-refractivity contribution in [3.63, 3.8) is 0 Å². The molecule has 0 fully saturated rings. The molecule has 0 spiro atoms. The minimum absolute atomic E-state index is 0.00867. The van der Waals surface area contributed by atoms with Crippen LogP contribution in [0.3, 0.4) is 0 Å². The van der Waals surface area contributed by atoms with Crippen molar-refractivity contribution in [3.05, 3.63) is 34.3 Å². The molecule has 1 amide bonds. The van der Waals surface area contributed by atoms with Crippen LogP contribution in [-0.2, 0) is 9.53 Å². The summed E-state index contributed by atoms with van der Waals surface area (Å²) < 4.78 is 4.45. The Labute approximate surface area is 115 Å². The number of aryl methyl sites for hydroxylation is 1. The first kappa shape index (κ1) is 14.8. The fourth-order valence-corrected chi connectivity index (χ4v) is 1.57. The van der Waals surface area contributed by atoms with E-state index in [1.165, 1.54) is 7.11 Å². The normalized spacial score (nSPS) is 11.8. The Morgan fingerprint density at radius 3 is 2.67 bits per heavy atom. The zero-order valence-electron chi connectivity index (χ0n) is 10.00. The number of nitrogens with one attached hydrogen (secondary N) is 1. The topological polar surface area (TPSA) is 55.4 Å². The van der Waals surface area contributed by atoms with Gasteiger partial charge in [-0.1, -0.05) is 11.6 Å². The van der Waals surface area contributed by atoms with Crippen molar-refractivity contribution in [3.8, 4) is 0 Å². The SMILES string of the molecule is COC(=O)C(Cl)CNC(=O)c1ccc(Cl)c(C)c1. The molecule has 1 N–H and O–H groups in total. The van der Waals surface area contributed by atoms with E-state index in [0.29, 0.717) is 10.6 Å². The van der Waals surface area contributed by atoms with Crippen LogP contribution in [0.5, 0.6) is 0 Å². The molecule has 1 aromatic carbocycles. The summed E-state index contributed by atoms with van der Waals surface area (Å²) in [6.07, 6.45) is 0. The second kappa shape index (κ2) is 6.61. The number of methoxy groups -OCH3 is 1. The smallest absolute Gasteiger partial charge is 0.325 e. The molecular formula is C12H13Cl2NO3. The first-order valence-corrected chi connectivity index (χ1v) is 6.03. The molecule has 4 nitrogen and oxygen atoms in total. The van der Waals surface area contributed by atoms with Gasteiger partial charge < -0.3 is 10.1 Å². The average molecular weight is 290 g/mol. The number of hydrogen-bond donors (Lipinski definition) is 1. The van der Waals surface area contributed by atoms with Crippen LogP contribution in [0.15, 0.2) is 18.2 Å². The van der Waals surface area contributed by atoms with Crippen molar-refractivity contribution in [1.82, 2.24) is 5.32 Å². The number of carbonyl (C=O) groups excluding carboxylic acids is 2. The van der Waals surface area contributed by atoms with E-state index < -0.39 is 11.3 Å². The van der Waals surface area contributed by atoms with Crippen LogP contribution >= 0.6 is 23.2 Å². The molecule has 18 heavy (non-hydrogen) atoms. The van der Waals surface area contributed by atoms with Crippen molar-refractivity contribution in [1.29, 1.82) is 0 Å². The number of rotatable bonds is 4. The highest BCUT2D eigenvalue weighted by Gasteiger charge is 2.17. The molecule has 0 aliphatic rings. The van der Waals surface area contributed by atoms with Gasteiger partial charge in [0.15, 0.2) is 0 Å². The number of ether oxygens (including phenoxy) is 1. The fourth-order valence-electron chi connectivity index (χ4n) is 1.28. The molecule has 1 rings (SSSR count). The zero-order chi connectivity index (χ0) is 13.7. The van der Waals surface area contributed by atoms with E-state index in [-0.39, 0.29) is 12.5 Å². The molecule has 0 aliphatic heterocycles. The largest absolute Gasteiger partial charge is 0.468 e. The minimum atomic E-state index is -0.896. The van der Waals surface area contributed by atoms with Gasteiger partial charge in [-0.2, -0.15) is 0 Å². The second-order valence-electron chi connectivity index (χ2n) is 3.66. The lowest BCUT2D eigenvalue weighted by Crippen LogP contribution is -2.34. The standard InChI is InChI=1S/C12H13Cl2NO3/c1-7-5-8(3-4-9(7)13)11(16)15-6-10(14)12(17)18-2/h3-5,10H,6H2,1-2H3,(H,15,16). The Balaban J connectivity index is 2.60. The molecule has 0 aliphatic carbocycles. The Morgan fingerprint density at radius 2 is 2.11 bits per heavy atom. The van der Waals surface area contributed by atoms with Gasteiger partial charge in [0.05, 0.1) is 7.11 Å². The lowest BCUT2D eigenvalue weighted by atomic mass is 10.1. The van der Waals surface area contributed by atoms with Gasteiger partial charge in [-0.05, 0) is 30.7 Å². The fraction of sp³-hybridized carbons (Fsp3) is 0.333. The molecule has 0 saturated heterocycles. The number of benzene rings is 1. The Hall–Kier alpha value is -1.26. The number of halogens is 2. The summed E-state index contributed by atoms with van der Waals surface area (Å²) >= 11 is 11.6. The van der Waals surface area contributed by atoms with E-state index >= 15 is 0 Å². The van der Waals surface area contributed by atoms with Crippen LogP contribution in [-0.4, -0.2) is 30.9 Å². The first-order chi connectivity index (χ1) is 8.45. The summed E-state index contributed by atoms with van der Waals surface area (Å²) in [4.78, 5) is 22.8. The number of carbonyl (C=O) groups is 2. The number of alkyl halides is 1. The quantitative estimate of drug-likeness (QED) is 0.683. The number of hydrogen-bond acceptors (Lipinski definition) is 3. The second-order valence-corrected chi connectivity index (χ2v) is 4.60. The average Bonchev–Trinajstić information content (AvgIpc) is 2.37. The highest BCUT2D eigenvalue weighted by atomic mass is 35.5. The predicted molar refractivity (Wildman–Crippen MR) is 70.2 cm³/mol. The maximum Gasteiger partial charge on any atom is 0.325 e. The first-order valence-electron chi connectivity index (χ1n) is 5.22. The van der Waals surface area contributed by atoms with Crippen LogP contribution in [0.4, 0.5) is 0 Å². The molecule has 1 unspecified atom stereocenters. The van der Waals surface area contributed by atoms with Crippen LogP contribution in [0, 0.1) is 6.92 Å². The molecule has 0 heterocycles. The van der Waals surface area contributed by atoms with E-state index in [2.05, 4.69) is 10.1 Å². The summed E-state index contributed by atoms with van der Waals surface area (Å²) in [6.45, 7) is 1.81. The number of esters is 1. The van der Waals surface area contributed by atoms with E-state index in [4.69, 9.17) is 23.2 Å². The van der Waals surface area contributed by atoms with Crippen LogP contribution in [0.1, 0.15) is 15.9 Å². The highest BCUT2D eigenvalue weighted by Crippen LogP contribution is 2.16. The molecule has 0 bridgehead atoms. The third-order valence-electron chi connectivity index (χ3n) is 2.32. The molecule has 0 aromatic heterocycles. The van der Waals surface area contributed by atoms with Crippen molar-refractivity contribution in [2.75, 3.05) is 13.7 Å². The van der Waals surface area contributed by atoms with E-state index in [1.807, 2.05) is 0 Å². The van der Waals surface area contributed by atoms with Gasteiger partial charge in [-0.15, -0.1) is 11.6 Å². The molecule has 6 heteroatoms. The Morgan fingerprint density at radius 1 is 1.44 bits per heavy atom. The van der Waals surface area contributed by atoms with Crippen molar-refractivity contribution < 1.29 is 14.3 Å². The summed E-state index contributed by atoms with van der Waals surface area (Å²) in [5.41, 5.74) is 1.27. The Kier molecular flexibility index (Phi) is 5.44. The van der Waals surface area contributed by atoms with Gasteiger partial charge in [0, 0.05) is 17.1 Å². The van der Waals surface area contributed by atoms with Crippen molar-refractivity contribution in [2.24, 2.45) is 0 Å². The molecule has 98 valence electrons. The molecule has 0 saturated carbocycles.